The number of hydrogen-bond donors (Lipinski definition) is 8. The Morgan fingerprint density at radius 1 is 0.587 bits per heavy atom. The Bertz CT molecular complexity index is 2590. The molecule has 19 nitrogen and oxygen atoms in total. The van der Waals surface area contributed by atoms with Crippen molar-refractivity contribution in [3.63, 3.8) is 0 Å². The molecule has 0 bridgehead atoms. The molecule has 0 aliphatic carbocycles. The van der Waals surface area contributed by atoms with E-state index in [1.165, 1.54) is 24.3 Å². The molecule has 0 fully saturated rings. The van der Waals surface area contributed by atoms with Crippen LogP contribution in [0, 0.1) is 0 Å². The molecule has 0 spiro atoms. The predicted octanol–water partition coefficient (Wildman–Crippen LogP) is 3.42. The molecule has 0 saturated heterocycles. The van der Waals surface area contributed by atoms with E-state index in [2.05, 4.69) is 40.5 Å². The molecule has 20 heteroatoms. The van der Waals surface area contributed by atoms with Crippen molar-refractivity contribution < 1.29 is 43.3 Å². The molecule has 0 unspecified atom stereocenters. The van der Waals surface area contributed by atoms with Gasteiger partial charge in [0.1, 0.15) is 16.5 Å². The van der Waals surface area contributed by atoms with Crippen LogP contribution in [0.5, 0.6) is 0 Å². The van der Waals surface area contributed by atoms with Gasteiger partial charge in [0.2, 0.25) is 23.8 Å². The van der Waals surface area contributed by atoms with Crippen molar-refractivity contribution in [1.82, 2.24) is 29.9 Å². The van der Waals surface area contributed by atoms with E-state index in [-0.39, 0.29) is 105 Å². The normalized spacial score (nSPS) is 11.4. The van der Waals surface area contributed by atoms with E-state index in [9.17, 15) is 43.3 Å². The van der Waals surface area contributed by atoms with Gasteiger partial charge in [-0.25, -0.2) is 4.79 Å². The molecule has 0 atom stereocenters. The number of carboxylic acid groups (broad SMARTS) is 1. The van der Waals surface area contributed by atoms with E-state index in [1.807, 2.05) is 30.3 Å². The van der Waals surface area contributed by atoms with E-state index in [1.54, 1.807) is 64.4 Å². The Morgan fingerprint density at radius 2 is 1.08 bits per heavy atom. The van der Waals surface area contributed by atoms with Crippen LogP contribution in [0.15, 0.2) is 102 Å². The van der Waals surface area contributed by atoms with Crippen LogP contribution in [0.3, 0.4) is 0 Å². The maximum absolute atomic E-state index is 12.7. The highest BCUT2D eigenvalue weighted by Crippen LogP contribution is 2.26. The highest BCUT2D eigenvalue weighted by atomic mass is 32.2. The lowest BCUT2D eigenvalue weighted by molar-refractivity contribution is 0.0696. The molecule has 0 saturated carbocycles. The number of hydrogen-bond acceptors (Lipinski definition) is 17. The maximum Gasteiger partial charge on any atom is 0.335 e. The third-order valence-electron chi connectivity index (χ3n) is 9.32. The van der Waals surface area contributed by atoms with Crippen molar-refractivity contribution in [2.45, 2.75) is 17.7 Å². The smallest absolute Gasteiger partial charge is 0.335 e. The van der Waals surface area contributed by atoms with E-state index in [0.717, 1.165) is 11.1 Å². The van der Waals surface area contributed by atoms with Crippen LogP contribution in [0.4, 0.5) is 35.2 Å². The fourth-order valence-electron chi connectivity index (χ4n) is 6.30. The molecule has 0 radical (unpaired) electrons. The van der Waals surface area contributed by atoms with Crippen LogP contribution in [0.25, 0.3) is 12.2 Å². The first-order chi connectivity index (χ1) is 30.4. The van der Waals surface area contributed by atoms with Gasteiger partial charge in [0.25, 0.3) is 10.1 Å². The molecule has 6 aromatic rings. The van der Waals surface area contributed by atoms with Crippen LogP contribution in [0.2, 0.25) is 0 Å². The monoisotopic (exact) mass is 878 g/mol. The van der Waals surface area contributed by atoms with Crippen molar-refractivity contribution in [3.05, 3.63) is 137 Å². The number of aliphatic hydroxyl groups excluding tert-OH is 4. The van der Waals surface area contributed by atoms with Gasteiger partial charge in [0.15, 0.2) is 0 Å². The first-order valence-corrected chi connectivity index (χ1v) is 21.1. The zero-order valence-corrected chi connectivity index (χ0v) is 34.7. The minimum absolute atomic E-state index is 0.0784. The van der Waals surface area contributed by atoms with Gasteiger partial charge in [-0.3, -0.25) is 4.55 Å². The molecule has 0 aliphatic heterocycles. The van der Waals surface area contributed by atoms with Gasteiger partial charge in [-0.1, -0.05) is 72.8 Å². The number of aromatic nitrogens is 6. The van der Waals surface area contributed by atoms with Crippen molar-refractivity contribution in [3.8, 4) is 0 Å². The molecule has 8 N–H and O–H groups in total. The Balaban J connectivity index is 1.22. The van der Waals surface area contributed by atoms with Gasteiger partial charge in [-0.15, -0.1) is 0 Å². The summed E-state index contributed by atoms with van der Waals surface area (Å²) < 4.78 is 35.6. The fraction of sp³-hybridized carbons (Fsp3) is 0.233. The molecular weight excluding hydrogens is 833 g/mol. The Hall–Kier alpha value is -6.94. The zero-order chi connectivity index (χ0) is 44.8. The molecule has 6 rings (SSSR count). The summed E-state index contributed by atoms with van der Waals surface area (Å²) in [5.74, 6) is 0.377. The molecule has 0 amide bonds. The number of rotatable bonds is 22. The summed E-state index contributed by atoms with van der Waals surface area (Å²) in [6, 6.07) is 27.2. The van der Waals surface area contributed by atoms with Crippen molar-refractivity contribution in [1.29, 1.82) is 0 Å². The second-order valence-electron chi connectivity index (χ2n) is 13.9. The van der Waals surface area contributed by atoms with Gasteiger partial charge in [0, 0.05) is 50.4 Å². The number of anilines is 6. The number of aromatic carboxylic acids is 1. The number of nitrogens with one attached hydrogen (secondary N) is 2. The molecule has 2 heterocycles. The van der Waals surface area contributed by atoms with Gasteiger partial charge < -0.3 is 46.0 Å². The number of nitrogens with zero attached hydrogens (tertiary/aromatic N) is 8. The van der Waals surface area contributed by atoms with E-state index >= 15 is 0 Å². The zero-order valence-electron chi connectivity index (χ0n) is 33.9. The van der Waals surface area contributed by atoms with Crippen molar-refractivity contribution in [2.24, 2.45) is 0 Å². The number of benzene rings is 4. The van der Waals surface area contributed by atoms with Crippen LogP contribution >= 0.6 is 0 Å². The average Bonchev–Trinajstić information content (AvgIpc) is 3.26. The number of aliphatic hydroxyl groups is 4. The molecule has 0 aliphatic rings. The Labute approximate surface area is 362 Å². The third kappa shape index (κ3) is 13.0. The van der Waals surface area contributed by atoms with Crippen LogP contribution in [-0.4, -0.2) is 127 Å². The molecule has 328 valence electrons. The largest absolute Gasteiger partial charge is 0.478 e. The lowest BCUT2D eigenvalue weighted by Crippen LogP contribution is -2.32. The highest BCUT2D eigenvalue weighted by molar-refractivity contribution is 7.86. The number of carbonyl (C=O) groups is 1. The third-order valence-corrected chi connectivity index (χ3v) is 10.2. The standard InChI is InChI=1S/C43H46N10O9S/c54-22-18-52(19-23-55)42-49-38(27-31-7-12-33(13-8-31)39(58)59)46-40(50-42)44-34-15-9-29(10-16-34)6-11-32-14-17-35(28-36(32)63(60,61)62)45-41-47-37(26-30-4-2-1-3-5-30)48-43(51-41)53(20-24-56)21-25-57/h1-17,28,54-57H,18-27H2,(H,58,59)(H,60,61,62)(H,44,46,49,50)(H,45,47,48,51)/b11-6+. The van der Waals surface area contributed by atoms with Gasteiger partial charge in [-0.2, -0.15) is 38.3 Å². The summed E-state index contributed by atoms with van der Waals surface area (Å²) >= 11 is 0. The van der Waals surface area contributed by atoms with Crippen LogP contribution in [-0.2, 0) is 23.0 Å². The van der Waals surface area contributed by atoms with Crippen molar-refractivity contribution >= 4 is 63.4 Å². The van der Waals surface area contributed by atoms with E-state index < -0.39 is 16.1 Å². The Kier molecular flexibility index (Phi) is 15.7. The molecule has 4 aromatic carbocycles. The summed E-state index contributed by atoms with van der Waals surface area (Å²) in [4.78, 5) is 41.4. The lowest BCUT2D eigenvalue weighted by Gasteiger charge is -2.21. The lowest BCUT2D eigenvalue weighted by atomic mass is 10.1. The summed E-state index contributed by atoms with van der Waals surface area (Å²) in [7, 11) is -4.72. The first-order valence-electron chi connectivity index (χ1n) is 19.7. The topological polar surface area (TPSA) is 280 Å². The quantitative estimate of drug-likeness (QED) is 0.0358. The summed E-state index contributed by atoms with van der Waals surface area (Å²) in [5, 5.41) is 54.0. The maximum atomic E-state index is 12.7. The van der Waals surface area contributed by atoms with Crippen LogP contribution in [0.1, 0.15) is 44.3 Å². The van der Waals surface area contributed by atoms with Gasteiger partial charge in [-0.05, 0) is 58.7 Å². The fourth-order valence-corrected chi connectivity index (χ4v) is 7.01. The average molecular weight is 879 g/mol. The predicted molar refractivity (Wildman–Crippen MR) is 236 cm³/mol. The van der Waals surface area contributed by atoms with E-state index in [4.69, 9.17) is 0 Å². The molecular formula is C43H46N10O9S. The van der Waals surface area contributed by atoms with Crippen LogP contribution < -0.4 is 20.4 Å². The Morgan fingerprint density at radius 3 is 1.57 bits per heavy atom. The van der Waals surface area contributed by atoms with Gasteiger partial charge in [0.05, 0.1) is 32.0 Å². The van der Waals surface area contributed by atoms with E-state index in [0.29, 0.717) is 29.3 Å². The summed E-state index contributed by atoms with van der Waals surface area (Å²) in [6.45, 7) is -0.240. The summed E-state index contributed by atoms with van der Waals surface area (Å²) in [6.07, 6.45) is 3.80. The van der Waals surface area contributed by atoms with Crippen molar-refractivity contribution in [2.75, 3.05) is 73.0 Å². The minimum atomic E-state index is -4.72. The number of carboxylic acids is 1. The second kappa shape index (κ2) is 21.7. The SMILES string of the molecule is O=C(O)c1ccc(Cc2nc(Nc3ccc(/C=C/c4ccc(Nc5nc(Cc6ccccc6)nc(N(CCO)CCO)n5)cc4S(=O)(=O)O)cc3)nc(N(CCO)CCO)n2)cc1. The first kappa shape index (κ1) is 45.6. The minimum Gasteiger partial charge on any atom is -0.478 e. The van der Waals surface area contributed by atoms with Gasteiger partial charge >= 0.3 is 5.97 Å². The second-order valence-corrected chi connectivity index (χ2v) is 15.3. The highest BCUT2D eigenvalue weighted by Gasteiger charge is 2.19. The molecule has 63 heavy (non-hydrogen) atoms. The summed E-state index contributed by atoms with van der Waals surface area (Å²) in [5.41, 5.74) is 3.55. The molecule has 2 aromatic heterocycles.